The fourth-order valence-electron chi connectivity index (χ4n) is 2.95. The number of fused-ring (bicyclic) bond motifs is 1. The number of ether oxygens (including phenoxy) is 1. The second-order valence-electron chi connectivity index (χ2n) is 5.06. The summed E-state index contributed by atoms with van der Waals surface area (Å²) in [5.74, 6) is 0.182. The molecule has 0 aromatic heterocycles. The zero-order valence-corrected chi connectivity index (χ0v) is 10.6. The van der Waals surface area contributed by atoms with Crippen molar-refractivity contribution >= 4 is 17.3 Å². The average Bonchev–Trinajstić information content (AvgIpc) is 2.95. The lowest BCUT2D eigenvalue weighted by Crippen LogP contribution is -2.37. The Morgan fingerprint density at radius 1 is 1.50 bits per heavy atom. The minimum Gasteiger partial charge on any atom is -0.398 e. The van der Waals surface area contributed by atoms with E-state index in [1.54, 1.807) is 0 Å². The first kappa shape index (κ1) is 11.5. The molecule has 2 N–H and O–H groups in total. The molecule has 0 bridgehead atoms. The summed E-state index contributed by atoms with van der Waals surface area (Å²) in [7, 11) is 0. The summed E-state index contributed by atoms with van der Waals surface area (Å²) >= 11 is 0. The summed E-state index contributed by atoms with van der Waals surface area (Å²) in [5.41, 5.74) is 8.84. The molecule has 0 saturated carbocycles. The molecule has 2 aliphatic rings. The smallest absolute Gasteiger partial charge is 0.232 e. The number of amides is 1. The number of nitrogen functional groups attached to an aromatic ring is 1. The maximum absolute atomic E-state index is 12.5. The summed E-state index contributed by atoms with van der Waals surface area (Å²) in [6.07, 6.45) is 1.71. The molecule has 1 amide bonds. The van der Waals surface area contributed by atoms with Gasteiger partial charge in [-0.25, -0.2) is 0 Å². The van der Waals surface area contributed by atoms with Gasteiger partial charge in [-0.05, 0) is 31.9 Å². The molecule has 4 nitrogen and oxygen atoms in total. The molecule has 1 aromatic rings. The van der Waals surface area contributed by atoms with Crippen LogP contribution >= 0.6 is 0 Å². The fourth-order valence-corrected chi connectivity index (χ4v) is 2.95. The molecule has 96 valence electrons. The van der Waals surface area contributed by atoms with Gasteiger partial charge in [0.1, 0.15) is 0 Å². The molecule has 1 fully saturated rings. The Hall–Kier alpha value is -1.55. The topological polar surface area (TPSA) is 55.6 Å². The van der Waals surface area contributed by atoms with Crippen LogP contribution < -0.4 is 10.6 Å². The van der Waals surface area contributed by atoms with Crippen LogP contribution in [-0.4, -0.2) is 25.2 Å². The van der Waals surface area contributed by atoms with Gasteiger partial charge in [0.25, 0.3) is 0 Å². The maximum atomic E-state index is 12.5. The Kier molecular flexibility index (Phi) is 2.74. The predicted molar refractivity (Wildman–Crippen MR) is 70.4 cm³/mol. The molecule has 4 heteroatoms. The molecule has 1 aromatic carbocycles. The number of rotatable bonds is 1. The van der Waals surface area contributed by atoms with E-state index >= 15 is 0 Å². The Balaban J connectivity index is 1.88. The minimum absolute atomic E-state index is 0.00243. The monoisotopic (exact) mass is 246 g/mol. The van der Waals surface area contributed by atoms with Gasteiger partial charge in [0.05, 0.1) is 12.0 Å². The van der Waals surface area contributed by atoms with E-state index in [9.17, 15) is 4.79 Å². The van der Waals surface area contributed by atoms with Gasteiger partial charge in [0.15, 0.2) is 0 Å². The third kappa shape index (κ3) is 1.68. The molecule has 0 spiro atoms. The predicted octanol–water partition coefficient (Wildman–Crippen LogP) is 1.58. The van der Waals surface area contributed by atoms with Crippen LogP contribution in [-0.2, 0) is 16.0 Å². The van der Waals surface area contributed by atoms with Crippen molar-refractivity contribution in [3.63, 3.8) is 0 Å². The number of benzene rings is 1. The molecule has 2 atom stereocenters. The lowest BCUT2D eigenvalue weighted by molar-refractivity contribution is -0.123. The molecule has 1 saturated heterocycles. The van der Waals surface area contributed by atoms with Gasteiger partial charge in [0.2, 0.25) is 5.91 Å². The summed E-state index contributed by atoms with van der Waals surface area (Å²) in [6.45, 7) is 3.41. The van der Waals surface area contributed by atoms with Crippen LogP contribution in [0.15, 0.2) is 18.2 Å². The van der Waals surface area contributed by atoms with Crippen LogP contribution in [0.5, 0.6) is 0 Å². The average molecular weight is 246 g/mol. The van der Waals surface area contributed by atoms with Crippen molar-refractivity contribution in [1.29, 1.82) is 0 Å². The summed E-state index contributed by atoms with van der Waals surface area (Å²) < 4.78 is 5.49. The lowest BCUT2D eigenvalue weighted by atomic mass is 10.0. The SMILES string of the molecule is CC1OCCC1C(=O)N1CCc2c(N)cccc21. The summed E-state index contributed by atoms with van der Waals surface area (Å²) in [4.78, 5) is 14.4. The van der Waals surface area contributed by atoms with E-state index in [2.05, 4.69) is 0 Å². The molecule has 2 heterocycles. The van der Waals surface area contributed by atoms with Crippen molar-refractivity contribution in [2.24, 2.45) is 5.92 Å². The maximum Gasteiger partial charge on any atom is 0.232 e. The van der Waals surface area contributed by atoms with Gasteiger partial charge < -0.3 is 15.4 Å². The molecular weight excluding hydrogens is 228 g/mol. The standard InChI is InChI=1S/C14H18N2O2/c1-9-10(6-8-18-9)14(17)16-7-5-11-12(15)3-2-4-13(11)16/h2-4,9-10H,5-8,15H2,1H3. The van der Waals surface area contributed by atoms with Crippen molar-refractivity contribution in [2.45, 2.75) is 25.9 Å². The van der Waals surface area contributed by atoms with Crippen LogP contribution in [0.3, 0.4) is 0 Å². The Morgan fingerprint density at radius 3 is 3.06 bits per heavy atom. The van der Waals surface area contributed by atoms with Crippen LogP contribution in [0, 0.1) is 5.92 Å². The highest BCUT2D eigenvalue weighted by Gasteiger charge is 2.36. The van der Waals surface area contributed by atoms with E-state index in [4.69, 9.17) is 10.5 Å². The van der Waals surface area contributed by atoms with Gasteiger partial charge in [-0.1, -0.05) is 6.07 Å². The molecule has 0 aliphatic carbocycles. The van der Waals surface area contributed by atoms with Crippen molar-refractivity contribution in [3.05, 3.63) is 23.8 Å². The fraction of sp³-hybridized carbons (Fsp3) is 0.500. The molecule has 0 radical (unpaired) electrons. The number of nitrogens with zero attached hydrogens (tertiary/aromatic N) is 1. The highest BCUT2D eigenvalue weighted by atomic mass is 16.5. The van der Waals surface area contributed by atoms with E-state index in [0.717, 1.165) is 36.3 Å². The van der Waals surface area contributed by atoms with Crippen molar-refractivity contribution in [2.75, 3.05) is 23.8 Å². The number of carbonyl (C=O) groups is 1. The Labute approximate surface area is 107 Å². The van der Waals surface area contributed by atoms with Gasteiger partial charge in [-0.15, -0.1) is 0 Å². The zero-order valence-electron chi connectivity index (χ0n) is 10.6. The first-order valence-corrected chi connectivity index (χ1v) is 6.49. The third-order valence-electron chi connectivity index (χ3n) is 4.02. The largest absolute Gasteiger partial charge is 0.398 e. The molecule has 2 unspecified atom stereocenters. The first-order valence-electron chi connectivity index (χ1n) is 6.49. The zero-order chi connectivity index (χ0) is 12.7. The van der Waals surface area contributed by atoms with E-state index in [0.29, 0.717) is 6.61 Å². The first-order chi connectivity index (χ1) is 8.68. The lowest BCUT2D eigenvalue weighted by Gasteiger charge is -2.23. The number of anilines is 2. The van der Waals surface area contributed by atoms with Gasteiger partial charge in [0, 0.05) is 30.1 Å². The van der Waals surface area contributed by atoms with Crippen molar-refractivity contribution in [1.82, 2.24) is 0 Å². The number of hydrogen-bond acceptors (Lipinski definition) is 3. The van der Waals surface area contributed by atoms with Gasteiger partial charge in [-0.2, -0.15) is 0 Å². The highest BCUT2D eigenvalue weighted by molar-refractivity contribution is 5.98. The molecule has 2 aliphatic heterocycles. The Bertz CT molecular complexity index is 487. The van der Waals surface area contributed by atoms with Crippen molar-refractivity contribution in [3.8, 4) is 0 Å². The van der Waals surface area contributed by atoms with Crippen molar-refractivity contribution < 1.29 is 9.53 Å². The normalized spacial score (nSPS) is 26.4. The Morgan fingerprint density at radius 2 is 2.33 bits per heavy atom. The van der Waals surface area contributed by atoms with E-state index in [-0.39, 0.29) is 17.9 Å². The molecular formula is C14H18N2O2. The van der Waals surface area contributed by atoms with E-state index in [1.807, 2.05) is 30.0 Å². The quantitative estimate of drug-likeness (QED) is 0.765. The minimum atomic E-state index is -0.00243. The number of hydrogen-bond donors (Lipinski definition) is 1. The van der Waals surface area contributed by atoms with Crippen LogP contribution in [0.2, 0.25) is 0 Å². The highest BCUT2D eigenvalue weighted by Crippen LogP contribution is 2.34. The molecule has 18 heavy (non-hydrogen) atoms. The second-order valence-corrected chi connectivity index (χ2v) is 5.06. The van der Waals surface area contributed by atoms with Crippen LogP contribution in [0.1, 0.15) is 18.9 Å². The summed E-state index contributed by atoms with van der Waals surface area (Å²) in [5, 5.41) is 0. The van der Waals surface area contributed by atoms with Crippen LogP contribution in [0.4, 0.5) is 11.4 Å². The number of carbonyl (C=O) groups excluding carboxylic acids is 1. The van der Waals surface area contributed by atoms with Gasteiger partial charge in [-0.3, -0.25) is 4.79 Å². The van der Waals surface area contributed by atoms with Crippen LogP contribution in [0.25, 0.3) is 0 Å². The van der Waals surface area contributed by atoms with Gasteiger partial charge >= 0.3 is 0 Å². The summed E-state index contributed by atoms with van der Waals surface area (Å²) in [6, 6.07) is 5.79. The van der Waals surface area contributed by atoms with E-state index < -0.39 is 0 Å². The number of nitrogens with two attached hydrogens (primary N) is 1. The van der Waals surface area contributed by atoms with E-state index in [1.165, 1.54) is 0 Å². The second kappa shape index (κ2) is 4.28. The molecule has 3 rings (SSSR count). The third-order valence-corrected chi connectivity index (χ3v) is 4.02.